The van der Waals surface area contributed by atoms with Gasteiger partial charge in [-0.1, -0.05) is 54.1 Å². The minimum Gasteiger partial charge on any atom is -0.0801 e. The number of hydrogen-bond acceptors (Lipinski definition) is 0. The van der Waals surface area contributed by atoms with E-state index < -0.39 is 0 Å². The van der Waals surface area contributed by atoms with Crippen molar-refractivity contribution in [2.75, 3.05) is 0 Å². The molecular formula is C20H22. The van der Waals surface area contributed by atoms with Crippen LogP contribution in [0.2, 0.25) is 0 Å². The molecule has 0 heteroatoms. The van der Waals surface area contributed by atoms with Crippen molar-refractivity contribution in [3.63, 3.8) is 0 Å². The average molecular weight is 262 g/mol. The maximum Gasteiger partial charge on any atom is -0.0149 e. The third kappa shape index (κ3) is 2.56. The zero-order chi connectivity index (χ0) is 14.1. The van der Waals surface area contributed by atoms with Crippen molar-refractivity contribution in [2.24, 2.45) is 5.92 Å². The molecular weight excluding hydrogens is 240 g/mol. The molecule has 2 aromatic rings. The second-order valence-electron chi connectivity index (χ2n) is 6.11. The van der Waals surface area contributed by atoms with Gasteiger partial charge in [0.25, 0.3) is 0 Å². The van der Waals surface area contributed by atoms with Gasteiger partial charge in [-0.05, 0) is 67.3 Å². The average Bonchev–Trinajstić information content (AvgIpc) is 2.80. The van der Waals surface area contributed by atoms with Crippen LogP contribution in [-0.4, -0.2) is 0 Å². The van der Waals surface area contributed by atoms with Crippen molar-refractivity contribution in [1.29, 1.82) is 0 Å². The fraction of sp³-hybridized carbons (Fsp3) is 0.300. The van der Waals surface area contributed by atoms with Crippen LogP contribution in [0.3, 0.4) is 0 Å². The van der Waals surface area contributed by atoms with Gasteiger partial charge in [-0.15, -0.1) is 0 Å². The minimum atomic E-state index is 0.660. The fourth-order valence-corrected chi connectivity index (χ4v) is 3.42. The summed E-state index contributed by atoms with van der Waals surface area (Å²) in [5.41, 5.74) is 8.57. The Morgan fingerprint density at radius 2 is 1.45 bits per heavy atom. The number of rotatable bonds is 2. The predicted molar refractivity (Wildman–Crippen MR) is 87.0 cm³/mol. The monoisotopic (exact) mass is 262 g/mol. The Bertz CT molecular complexity index is 613. The van der Waals surface area contributed by atoms with Gasteiger partial charge in [-0.25, -0.2) is 0 Å². The minimum absolute atomic E-state index is 0.660. The van der Waals surface area contributed by atoms with Crippen LogP contribution < -0.4 is 0 Å². The van der Waals surface area contributed by atoms with Crippen molar-refractivity contribution >= 4 is 6.08 Å². The normalized spacial score (nSPS) is 14.9. The van der Waals surface area contributed by atoms with E-state index in [9.17, 15) is 0 Å². The van der Waals surface area contributed by atoms with Crippen molar-refractivity contribution in [2.45, 2.75) is 33.6 Å². The first-order valence-electron chi connectivity index (χ1n) is 7.46. The largest absolute Gasteiger partial charge is 0.0801 e. The molecule has 0 saturated heterocycles. The highest BCUT2D eigenvalue weighted by Gasteiger charge is 2.18. The van der Waals surface area contributed by atoms with Gasteiger partial charge in [0.05, 0.1) is 0 Å². The first kappa shape index (κ1) is 13.2. The third-order valence-electron chi connectivity index (χ3n) is 4.36. The Morgan fingerprint density at radius 1 is 0.900 bits per heavy atom. The third-order valence-corrected chi connectivity index (χ3v) is 4.36. The summed E-state index contributed by atoms with van der Waals surface area (Å²) in [6, 6.07) is 13.4. The SMILES string of the molecule is Cc1cc(C)c(/C=C/C2Cc3ccccc3C2)c(C)c1. The fourth-order valence-electron chi connectivity index (χ4n) is 3.42. The second-order valence-corrected chi connectivity index (χ2v) is 6.11. The zero-order valence-electron chi connectivity index (χ0n) is 12.6. The van der Waals surface area contributed by atoms with Crippen molar-refractivity contribution in [1.82, 2.24) is 0 Å². The molecule has 0 amide bonds. The van der Waals surface area contributed by atoms with Crippen molar-refractivity contribution in [3.05, 3.63) is 75.9 Å². The van der Waals surface area contributed by atoms with Crippen LogP contribution in [0.1, 0.15) is 33.4 Å². The number of fused-ring (bicyclic) bond motifs is 1. The summed E-state index contributed by atoms with van der Waals surface area (Å²) >= 11 is 0. The Balaban J connectivity index is 1.80. The van der Waals surface area contributed by atoms with E-state index in [1.807, 2.05) is 0 Å². The van der Waals surface area contributed by atoms with E-state index >= 15 is 0 Å². The Labute approximate surface area is 122 Å². The maximum absolute atomic E-state index is 2.41. The molecule has 0 fully saturated rings. The van der Waals surface area contributed by atoms with E-state index in [1.54, 1.807) is 0 Å². The molecule has 0 atom stereocenters. The number of allylic oxidation sites excluding steroid dienone is 1. The zero-order valence-corrected chi connectivity index (χ0v) is 12.6. The van der Waals surface area contributed by atoms with Gasteiger partial charge in [0.15, 0.2) is 0 Å². The molecule has 1 aliphatic carbocycles. The maximum atomic E-state index is 2.41. The molecule has 0 N–H and O–H groups in total. The number of hydrogen-bond donors (Lipinski definition) is 0. The topological polar surface area (TPSA) is 0 Å². The standard InChI is InChI=1S/C20H22/c1-14-10-15(2)20(16(3)11-14)9-8-17-12-18-6-4-5-7-19(18)13-17/h4-11,17H,12-13H2,1-3H3/b9-8+. The van der Waals surface area contributed by atoms with Gasteiger partial charge in [-0.2, -0.15) is 0 Å². The highest BCUT2D eigenvalue weighted by atomic mass is 14.2. The Hall–Kier alpha value is -1.82. The summed E-state index contributed by atoms with van der Waals surface area (Å²) in [5, 5.41) is 0. The summed E-state index contributed by atoms with van der Waals surface area (Å²) in [6.45, 7) is 6.59. The lowest BCUT2D eigenvalue weighted by molar-refractivity contribution is 0.707. The molecule has 0 bridgehead atoms. The van der Waals surface area contributed by atoms with Crippen LogP contribution in [0.4, 0.5) is 0 Å². The number of aryl methyl sites for hydroxylation is 3. The quantitative estimate of drug-likeness (QED) is 0.711. The molecule has 20 heavy (non-hydrogen) atoms. The molecule has 0 radical (unpaired) electrons. The molecule has 1 aliphatic rings. The molecule has 0 spiro atoms. The van der Waals surface area contributed by atoms with E-state index in [1.165, 1.54) is 46.2 Å². The molecule has 0 unspecified atom stereocenters. The summed E-state index contributed by atoms with van der Waals surface area (Å²) in [5.74, 6) is 0.660. The predicted octanol–water partition coefficient (Wildman–Crippen LogP) is 5.04. The highest BCUT2D eigenvalue weighted by Crippen LogP contribution is 2.28. The highest BCUT2D eigenvalue weighted by molar-refractivity contribution is 5.59. The van der Waals surface area contributed by atoms with E-state index in [-0.39, 0.29) is 0 Å². The van der Waals surface area contributed by atoms with E-state index in [2.05, 4.69) is 69.3 Å². The first-order valence-corrected chi connectivity index (χ1v) is 7.46. The Kier molecular flexibility index (Phi) is 3.48. The van der Waals surface area contributed by atoms with Gasteiger partial charge in [0.1, 0.15) is 0 Å². The van der Waals surface area contributed by atoms with Gasteiger partial charge in [0.2, 0.25) is 0 Å². The molecule has 0 heterocycles. The summed E-state index contributed by atoms with van der Waals surface area (Å²) in [6.07, 6.45) is 7.12. The van der Waals surface area contributed by atoms with Gasteiger partial charge in [-0.3, -0.25) is 0 Å². The molecule has 0 nitrogen and oxygen atoms in total. The summed E-state index contributed by atoms with van der Waals surface area (Å²) < 4.78 is 0. The molecule has 0 saturated carbocycles. The lowest BCUT2D eigenvalue weighted by Gasteiger charge is -2.08. The van der Waals surface area contributed by atoms with Crippen molar-refractivity contribution < 1.29 is 0 Å². The van der Waals surface area contributed by atoms with Gasteiger partial charge in [0, 0.05) is 0 Å². The smallest absolute Gasteiger partial charge is 0.0149 e. The number of benzene rings is 2. The second kappa shape index (κ2) is 5.28. The molecule has 2 aromatic carbocycles. The van der Waals surface area contributed by atoms with E-state index in [0.29, 0.717) is 5.92 Å². The van der Waals surface area contributed by atoms with Crippen LogP contribution in [0.15, 0.2) is 42.5 Å². The van der Waals surface area contributed by atoms with Crippen LogP contribution in [0.25, 0.3) is 6.08 Å². The summed E-state index contributed by atoms with van der Waals surface area (Å²) in [7, 11) is 0. The Morgan fingerprint density at radius 3 is 2.00 bits per heavy atom. The lowest BCUT2D eigenvalue weighted by atomic mass is 9.97. The molecule has 3 rings (SSSR count). The molecule has 0 aromatic heterocycles. The first-order chi connectivity index (χ1) is 9.63. The summed E-state index contributed by atoms with van der Waals surface area (Å²) in [4.78, 5) is 0. The van der Waals surface area contributed by atoms with Crippen LogP contribution in [0, 0.1) is 26.7 Å². The molecule has 0 aliphatic heterocycles. The van der Waals surface area contributed by atoms with E-state index in [4.69, 9.17) is 0 Å². The molecule has 102 valence electrons. The van der Waals surface area contributed by atoms with Crippen LogP contribution >= 0.6 is 0 Å². The lowest BCUT2D eigenvalue weighted by Crippen LogP contribution is -1.95. The van der Waals surface area contributed by atoms with Crippen molar-refractivity contribution in [3.8, 4) is 0 Å². The van der Waals surface area contributed by atoms with Gasteiger partial charge < -0.3 is 0 Å². The van der Waals surface area contributed by atoms with Crippen LogP contribution in [-0.2, 0) is 12.8 Å². The van der Waals surface area contributed by atoms with Crippen LogP contribution in [0.5, 0.6) is 0 Å². The van der Waals surface area contributed by atoms with E-state index in [0.717, 1.165) is 0 Å². The van der Waals surface area contributed by atoms with Gasteiger partial charge >= 0.3 is 0 Å².